The number of aryl methyl sites for hydroxylation is 1. The van der Waals surface area contributed by atoms with Crippen molar-refractivity contribution in [3.05, 3.63) is 36.7 Å². The van der Waals surface area contributed by atoms with Gasteiger partial charge in [-0.2, -0.15) is 5.10 Å². The molecule has 1 aliphatic heterocycles. The molecule has 7 heteroatoms. The summed E-state index contributed by atoms with van der Waals surface area (Å²) in [6.45, 7) is 5.54. The van der Waals surface area contributed by atoms with Gasteiger partial charge in [0.1, 0.15) is 5.75 Å². The Bertz CT molecular complexity index is 692. The molecule has 1 aliphatic rings. The molecule has 128 valence electrons. The van der Waals surface area contributed by atoms with Crippen molar-refractivity contribution in [2.75, 3.05) is 43.0 Å². The number of nitrogens with one attached hydrogen (secondary N) is 1. The Morgan fingerprint density at radius 2 is 2.00 bits per heavy atom. The van der Waals surface area contributed by atoms with E-state index >= 15 is 0 Å². The highest BCUT2D eigenvalue weighted by Crippen LogP contribution is 2.28. The van der Waals surface area contributed by atoms with Crippen molar-refractivity contribution in [3.63, 3.8) is 0 Å². The van der Waals surface area contributed by atoms with Crippen LogP contribution in [0.5, 0.6) is 5.75 Å². The van der Waals surface area contributed by atoms with Gasteiger partial charge >= 0.3 is 6.03 Å². The summed E-state index contributed by atoms with van der Waals surface area (Å²) in [6.07, 6.45) is 3.43. The second-order valence-electron chi connectivity index (χ2n) is 5.71. The molecule has 7 nitrogen and oxygen atoms in total. The largest absolute Gasteiger partial charge is 0.492 e. The fraction of sp³-hybridized carbons (Fsp3) is 0.412. The maximum atomic E-state index is 12.3. The number of benzene rings is 1. The van der Waals surface area contributed by atoms with Crippen molar-refractivity contribution in [1.29, 1.82) is 0 Å². The molecule has 1 N–H and O–H groups in total. The first-order valence-electron chi connectivity index (χ1n) is 8.18. The highest BCUT2D eigenvalue weighted by atomic mass is 16.5. The van der Waals surface area contributed by atoms with E-state index in [1.807, 2.05) is 37.1 Å². The molecule has 0 aliphatic carbocycles. The number of piperazine rings is 1. The van der Waals surface area contributed by atoms with Crippen LogP contribution in [0.1, 0.15) is 6.92 Å². The lowest BCUT2D eigenvalue weighted by molar-refractivity contribution is 0.208. The first-order valence-corrected chi connectivity index (χ1v) is 8.18. The fourth-order valence-electron chi connectivity index (χ4n) is 2.83. The minimum Gasteiger partial charge on any atom is -0.492 e. The van der Waals surface area contributed by atoms with Gasteiger partial charge in [0.15, 0.2) is 0 Å². The molecule has 2 aromatic rings. The first-order chi connectivity index (χ1) is 11.7. The number of hydrogen-bond donors (Lipinski definition) is 1. The molecule has 0 unspecified atom stereocenters. The number of rotatable bonds is 4. The Hall–Kier alpha value is -2.70. The van der Waals surface area contributed by atoms with Gasteiger partial charge in [0.25, 0.3) is 0 Å². The van der Waals surface area contributed by atoms with Gasteiger partial charge in [-0.1, -0.05) is 12.1 Å². The van der Waals surface area contributed by atoms with Gasteiger partial charge in [0.2, 0.25) is 0 Å². The van der Waals surface area contributed by atoms with E-state index in [1.54, 1.807) is 17.1 Å². The average molecular weight is 329 g/mol. The van der Waals surface area contributed by atoms with Crippen molar-refractivity contribution < 1.29 is 9.53 Å². The monoisotopic (exact) mass is 329 g/mol. The molecule has 0 spiro atoms. The molecule has 0 radical (unpaired) electrons. The van der Waals surface area contributed by atoms with Crippen LogP contribution < -0.4 is 15.0 Å². The SMILES string of the molecule is CCOc1ccccc1N1CCN(C(=O)Nc2cnn(C)c2)CC1. The summed E-state index contributed by atoms with van der Waals surface area (Å²) in [5.41, 5.74) is 1.80. The van der Waals surface area contributed by atoms with E-state index in [1.165, 1.54) is 0 Å². The number of carbonyl (C=O) groups is 1. The number of anilines is 2. The van der Waals surface area contributed by atoms with Crippen molar-refractivity contribution in [1.82, 2.24) is 14.7 Å². The lowest BCUT2D eigenvalue weighted by Gasteiger charge is -2.36. The predicted molar refractivity (Wildman–Crippen MR) is 93.6 cm³/mol. The Morgan fingerprint density at radius 1 is 1.25 bits per heavy atom. The van der Waals surface area contributed by atoms with E-state index in [9.17, 15) is 4.79 Å². The Balaban J connectivity index is 1.58. The van der Waals surface area contributed by atoms with Gasteiger partial charge in [0.05, 0.1) is 24.2 Å². The molecule has 24 heavy (non-hydrogen) atoms. The lowest BCUT2D eigenvalue weighted by atomic mass is 10.2. The molecular formula is C17H23N5O2. The fourth-order valence-corrected chi connectivity index (χ4v) is 2.83. The standard InChI is InChI=1S/C17H23N5O2/c1-3-24-16-7-5-4-6-15(16)21-8-10-22(11-9-21)17(23)19-14-12-18-20(2)13-14/h4-7,12-13H,3,8-11H2,1-2H3,(H,19,23). The van der Waals surface area contributed by atoms with Gasteiger partial charge in [-0.05, 0) is 19.1 Å². The Kier molecular flexibility index (Phi) is 4.88. The third kappa shape index (κ3) is 3.61. The van der Waals surface area contributed by atoms with E-state index in [4.69, 9.17) is 4.74 Å². The minimum absolute atomic E-state index is 0.0826. The summed E-state index contributed by atoms with van der Waals surface area (Å²) in [6, 6.07) is 7.96. The minimum atomic E-state index is -0.0826. The van der Waals surface area contributed by atoms with E-state index in [2.05, 4.69) is 21.4 Å². The molecule has 0 atom stereocenters. The number of para-hydroxylation sites is 2. The lowest BCUT2D eigenvalue weighted by Crippen LogP contribution is -2.50. The second-order valence-corrected chi connectivity index (χ2v) is 5.71. The Labute approximate surface area is 141 Å². The zero-order valence-corrected chi connectivity index (χ0v) is 14.1. The number of aromatic nitrogens is 2. The van der Waals surface area contributed by atoms with Crippen LogP contribution >= 0.6 is 0 Å². The Morgan fingerprint density at radius 3 is 2.67 bits per heavy atom. The van der Waals surface area contributed by atoms with E-state index in [-0.39, 0.29) is 6.03 Å². The number of nitrogens with zero attached hydrogens (tertiary/aromatic N) is 4. The van der Waals surface area contributed by atoms with Gasteiger partial charge < -0.3 is 19.9 Å². The van der Waals surface area contributed by atoms with Gasteiger partial charge in [-0.15, -0.1) is 0 Å². The normalized spacial score (nSPS) is 14.6. The smallest absolute Gasteiger partial charge is 0.322 e. The molecule has 1 saturated heterocycles. The maximum absolute atomic E-state index is 12.3. The summed E-state index contributed by atoms with van der Waals surface area (Å²) < 4.78 is 7.37. The van der Waals surface area contributed by atoms with Crippen LogP contribution in [0.15, 0.2) is 36.7 Å². The highest BCUT2D eigenvalue weighted by molar-refractivity contribution is 5.89. The highest BCUT2D eigenvalue weighted by Gasteiger charge is 2.23. The van der Waals surface area contributed by atoms with Crippen molar-refractivity contribution in [2.24, 2.45) is 7.05 Å². The molecule has 1 aromatic heterocycles. The molecule has 2 amide bonds. The van der Waals surface area contributed by atoms with Crippen molar-refractivity contribution in [3.8, 4) is 5.75 Å². The van der Waals surface area contributed by atoms with Gasteiger partial charge in [0, 0.05) is 39.4 Å². The summed E-state index contributed by atoms with van der Waals surface area (Å²) in [5, 5.41) is 6.93. The number of hydrogen-bond acceptors (Lipinski definition) is 4. The van der Waals surface area contributed by atoms with E-state index < -0.39 is 0 Å². The average Bonchev–Trinajstić information content (AvgIpc) is 3.01. The second kappa shape index (κ2) is 7.25. The molecule has 1 fully saturated rings. The molecule has 2 heterocycles. The molecule has 1 aromatic carbocycles. The maximum Gasteiger partial charge on any atom is 0.322 e. The van der Waals surface area contributed by atoms with E-state index in [0.717, 1.165) is 24.5 Å². The van der Waals surface area contributed by atoms with Crippen LogP contribution in [0.2, 0.25) is 0 Å². The molecule has 0 bridgehead atoms. The number of urea groups is 1. The summed E-state index contributed by atoms with van der Waals surface area (Å²) in [5.74, 6) is 0.897. The first kappa shape index (κ1) is 16.2. The van der Waals surface area contributed by atoms with Crippen LogP contribution in [0, 0.1) is 0 Å². The predicted octanol–water partition coefficient (Wildman–Crippen LogP) is 2.17. The molecule has 0 saturated carbocycles. The van der Waals surface area contributed by atoms with Crippen LogP contribution in [-0.4, -0.2) is 53.5 Å². The zero-order valence-electron chi connectivity index (χ0n) is 14.1. The van der Waals surface area contributed by atoms with Crippen LogP contribution in [-0.2, 0) is 7.05 Å². The van der Waals surface area contributed by atoms with Gasteiger partial charge in [-0.25, -0.2) is 4.79 Å². The third-order valence-electron chi connectivity index (χ3n) is 4.03. The number of carbonyl (C=O) groups excluding carboxylic acids is 1. The quantitative estimate of drug-likeness (QED) is 0.934. The van der Waals surface area contributed by atoms with Crippen LogP contribution in [0.4, 0.5) is 16.2 Å². The van der Waals surface area contributed by atoms with Crippen LogP contribution in [0.3, 0.4) is 0 Å². The summed E-state index contributed by atoms with van der Waals surface area (Å²) >= 11 is 0. The van der Waals surface area contributed by atoms with Crippen LogP contribution in [0.25, 0.3) is 0 Å². The van der Waals surface area contributed by atoms with E-state index in [0.29, 0.717) is 25.4 Å². The summed E-state index contributed by atoms with van der Waals surface area (Å²) in [7, 11) is 1.82. The topological polar surface area (TPSA) is 62.6 Å². The number of amides is 2. The van der Waals surface area contributed by atoms with Crippen molar-refractivity contribution in [2.45, 2.75) is 6.92 Å². The third-order valence-corrected chi connectivity index (χ3v) is 4.03. The molecular weight excluding hydrogens is 306 g/mol. The van der Waals surface area contributed by atoms with Crippen molar-refractivity contribution >= 4 is 17.4 Å². The molecule has 3 rings (SSSR count). The number of ether oxygens (including phenoxy) is 1. The van der Waals surface area contributed by atoms with Gasteiger partial charge in [-0.3, -0.25) is 4.68 Å². The summed E-state index contributed by atoms with van der Waals surface area (Å²) in [4.78, 5) is 16.4. The zero-order chi connectivity index (χ0) is 16.9.